The summed E-state index contributed by atoms with van der Waals surface area (Å²) in [6.45, 7) is 0. The number of fused-ring (bicyclic) bond motifs is 2. The van der Waals surface area contributed by atoms with Crippen LogP contribution in [0.1, 0.15) is 37.3 Å². The lowest BCUT2D eigenvalue weighted by atomic mass is 10.0. The second-order valence-corrected chi connectivity index (χ2v) is 8.45. The standard InChI is InChI=1S/C16H19FN4O2S/c17-13-3-1-2-12(8-13)11-24(22,23)20-14-4-5-15(20)10-16(9-14)21-18-6-7-19-21/h1-3,6-8,14-16H,4-5,9-11H2. The molecule has 0 amide bonds. The Bertz CT molecular complexity index is 810. The normalized spacial score (nSPS) is 27.5. The van der Waals surface area contributed by atoms with E-state index in [4.69, 9.17) is 0 Å². The fourth-order valence-corrected chi connectivity index (χ4v) is 6.12. The molecule has 0 saturated carbocycles. The van der Waals surface area contributed by atoms with Gasteiger partial charge < -0.3 is 0 Å². The summed E-state index contributed by atoms with van der Waals surface area (Å²) < 4.78 is 40.8. The second-order valence-electron chi connectivity index (χ2n) is 6.58. The van der Waals surface area contributed by atoms with Gasteiger partial charge in [0.15, 0.2) is 0 Å². The van der Waals surface area contributed by atoms with Crippen LogP contribution >= 0.6 is 0 Å². The van der Waals surface area contributed by atoms with E-state index in [0.29, 0.717) is 5.56 Å². The van der Waals surface area contributed by atoms with Crippen LogP contribution in [0, 0.1) is 5.82 Å². The Balaban J connectivity index is 1.54. The van der Waals surface area contributed by atoms with E-state index in [0.717, 1.165) is 25.7 Å². The molecule has 3 heterocycles. The molecule has 0 spiro atoms. The van der Waals surface area contributed by atoms with Crippen LogP contribution in [0.4, 0.5) is 4.39 Å². The Morgan fingerprint density at radius 2 is 1.75 bits per heavy atom. The van der Waals surface area contributed by atoms with Crippen molar-refractivity contribution in [3.63, 3.8) is 0 Å². The maximum atomic E-state index is 13.3. The van der Waals surface area contributed by atoms with E-state index < -0.39 is 15.8 Å². The first kappa shape index (κ1) is 15.7. The zero-order valence-corrected chi connectivity index (χ0v) is 13.9. The van der Waals surface area contributed by atoms with Crippen LogP contribution in [0.2, 0.25) is 0 Å². The predicted octanol–water partition coefficient (Wildman–Crippen LogP) is 2.12. The number of piperidine rings is 1. The summed E-state index contributed by atoms with van der Waals surface area (Å²) >= 11 is 0. The molecule has 2 aromatic rings. The van der Waals surface area contributed by atoms with Crippen LogP contribution in [0.5, 0.6) is 0 Å². The van der Waals surface area contributed by atoms with Gasteiger partial charge in [-0.25, -0.2) is 12.8 Å². The first-order chi connectivity index (χ1) is 11.5. The van der Waals surface area contributed by atoms with Crippen LogP contribution < -0.4 is 0 Å². The van der Waals surface area contributed by atoms with E-state index >= 15 is 0 Å². The fraction of sp³-hybridized carbons (Fsp3) is 0.500. The summed E-state index contributed by atoms with van der Waals surface area (Å²) in [6, 6.07) is 5.94. The van der Waals surface area contributed by atoms with Crippen molar-refractivity contribution in [1.29, 1.82) is 0 Å². The molecule has 2 fully saturated rings. The van der Waals surface area contributed by atoms with Gasteiger partial charge in [-0.1, -0.05) is 12.1 Å². The molecule has 24 heavy (non-hydrogen) atoms. The first-order valence-corrected chi connectivity index (χ1v) is 9.75. The summed E-state index contributed by atoms with van der Waals surface area (Å²) in [5, 5.41) is 8.39. The molecule has 4 rings (SSSR count). The van der Waals surface area contributed by atoms with Gasteiger partial charge in [-0.15, -0.1) is 0 Å². The Labute approximate surface area is 140 Å². The summed E-state index contributed by atoms with van der Waals surface area (Å²) in [5.41, 5.74) is 0.491. The highest BCUT2D eigenvalue weighted by atomic mass is 32.2. The van der Waals surface area contributed by atoms with Crippen molar-refractivity contribution in [2.75, 3.05) is 0 Å². The minimum atomic E-state index is -3.46. The number of halogens is 1. The third kappa shape index (κ3) is 2.84. The first-order valence-electron chi connectivity index (χ1n) is 8.14. The molecular weight excluding hydrogens is 331 g/mol. The molecule has 2 bridgehead atoms. The van der Waals surface area contributed by atoms with E-state index in [9.17, 15) is 12.8 Å². The average Bonchev–Trinajstić information content (AvgIpc) is 3.14. The number of hydrogen-bond donors (Lipinski definition) is 0. The lowest BCUT2D eigenvalue weighted by Gasteiger charge is -2.37. The average molecular weight is 350 g/mol. The van der Waals surface area contributed by atoms with Crippen molar-refractivity contribution in [3.05, 3.63) is 48.0 Å². The Kier molecular flexibility index (Phi) is 3.88. The minimum Gasteiger partial charge on any atom is -0.212 e. The minimum absolute atomic E-state index is 0.0155. The molecule has 1 aromatic heterocycles. The molecule has 0 aliphatic carbocycles. The molecular formula is C16H19FN4O2S. The Morgan fingerprint density at radius 1 is 1.08 bits per heavy atom. The number of benzene rings is 1. The Morgan fingerprint density at radius 3 is 2.38 bits per heavy atom. The highest BCUT2D eigenvalue weighted by Crippen LogP contribution is 2.42. The van der Waals surface area contributed by atoms with Gasteiger partial charge in [-0.05, 0) is 43.4 Å². The smallest absolute Gasteiger partial charge is 0.212 e. The van der Waals surface area contributed by atoms with Crippen LogP contribution in [-0.2, 0) is 15.8 Å². The van der Waals surface area contributed by atoms with Crippen molar-refractivity contribution in [1.82, 2.24) is 19.3 Å². The van der Waals surface area contributed by atoms with E-state index in [2.05, 4.69) is 10.2 Å². The van der Waals surface area contributed by atoms with Gasteiger partial charge in [-0.3, -0.25) is 0 Å². The highest BCUT2D eigenvalue weighted by molar-refractivity contribution is 7.88. The summed E-state index contributed by atoms with van der Waals surface area (Å²) in [4.78, 5) is 1.70. The van der Waals surface area contributed by atoms with Crippen LogP contribution in [-0.4, -0.2) is 39.8 Å². The highest BCUT2D eigenvalue weighted by Gasteiger charge is 2.47. The van der Waals surface area contributed by atoms with Crippen molar-refractivity contribution in [2.24, 2.45) is 0 Å². The van der Waals surface area contributed by atoms with Gasteiger partial charge in [0, 0.05) is 12.1 Å². The van der Waals surface area contributed by atoms with Crippen molar-refractivity contribution >= 4 is 10.0 Å². The maximum Gasteiger partial charge on any atom is 0.218 e. The van der Waals surface area contributed by atoms with E-state index in [1.807, 2.05) is 0 Å². The topological polar surface area (TPSA) is 68.1 Å². The van der Waals surface area contributed by atoms with Crippen LogP contribution in [0.25, 0.3) is 0 Å². The fourth-order valence-electron chi connectivity index (χ4n) is 4.07. The van der Waals surface area contributed by atoms with Gasteiger partial charge in [0.05, 0.1) is 24.2 Å². The monoisotopic (exact) mass is 350 g/mol. The zero-order chi connectivity index (χ0) is 16.7. The molecule has 2 aliphatic heterocycles. The molecule has 2 unspecified atom stereocenters. The molecule has 0 N–H and O–H groups in total. The lowest BCUT2D eigenvalue weighted by Crippen LogP contribution is -2.47. The predicted molar refractivity (Wildman–Crippen MR) is 86.0 cm³/mol. The summed E-state index contributed by atoms with van der Waals surface area (Å²) in [7, 11) is -3.46. The van der Waals surface area contributed by atoms with Gasteiger partial charge in [0.1, 0.15) is 5.82 Å². The molecule has 8 heteroatoms. The van der Waals surface area contributed by atoms with Crippen molar-refractivity contribution < 1.29 is 12.8 Å². The molecule has 6 nitrogen and oxygen atoms in total. The SMILES string of the molecule is O=S(=O)(Cc1cccc(F)c1)N1C2CCC1CC(n1nccn1)C2. The number of aromatic nitrogens is 3. The molecule has 128 valence electrons. The summed E-state index contributed by atoms with van der Waals surface area (Å²) in [6.07, 6.45) is 6.49. The quantitative estimate of drug-likeness (QED) is 0.847. The van der Waals surface area contributed by atoms with E-state index in [1.54, 1.807) is 33.6 Å². The molecule has 2 saturated heterocycles. The molecule has 2 aliphatic rings. The molecule has 1 aromatic carbocycles. The number of sulfonamides is 1. The van der Waals surface area contributed by atoms with Crippen LogP contribution in [0.3, 0.4) is 0 Å². The Hall–Kier alpha value is -1.80. The van der Waals surface area contributed by atoms with Crippen molar-refractivity contribution in [3.8, 4) is 0 Å². The van der Waals surface area contributed by atoms with Gasteiger partial charge in [0.2, 0.25) is 10.0 Å². The summed E-state index contributed by atoms with van der Waals surface area (Å²) in [5.74, 6) is -0.559. The lowest BCUT2D eigenvalue weighted by molar-refractivity contribution is 0.174. The van der Waals surface area contributed by atoms with Crippen molar-refractivity contribution in [2.45, 2.75) is 49.6 Å². The van der Waals surface area contributed by atoms with Crippen LogP contribution in [0.15, 0.2) is 36.7 Å². The number of nitrogens with zero attached hydrogens (tertiary/aromatic N) is 4. The second kappa shape index (κ2) is 5.93. The number of rotatable bonds is 4. The molecule has 2 atom stereocenters. The zero-order valence-electron chi connectivity index (χ0n) is 13.1. The van der Waals surface area contributed by atoms with Gasteiger partial charge in [-0.2, -0.15) is 19.3 Å². The van der Waals surface area contributed by atoms with E-state index in [1.165, 1.54) is 12.1 Å². The third-order valence-electron chi connectivity index (χ3n) is 4.96. The number of hydrogen-bond acceptors (Lipinski definition) is 4. The third-order valence-corrected chi connectivity index (χ3v) is 6.90. The van der Waals surface area contributed by atoms with Gasteiger partial charge >= 0.3 is 0 Å². The maximum absolute atomic E-state index is 13.3. The van der Waals surface area contributed by atoms with E-state index in [-0.39, 0.29) is 23.9 Å². The largest absolute Gasteiger partial charge is 0.218 e. The molecule has 0 radical (unpaired) electrons. The van der Waals surface area contributed by atoms with Gasteiger partial charge in [0.25, 0.3) is 0 Å².